The van der Waals surface area contributed by atoms with E-state index in [0.29, 0.717) is 0 Å². The lowest BCUT2D eigenvalue weighted by Gasteiger charge is -2.20. The highest BCUT2D eigenvalue weighted by Crippen LogP contribution is 2.07. The predicted octanol–water partition coefficient (Wildman–Crippen LogP) is 2.36. The topological polar surface area (TPSA) is 37.0 Å². The molecule has 0 bridgehead atoms. The Morgan fingerprint density at radius 1 is 1.24 bits per heavy atom. The molecular formula is C13H25N3S. The van der Waals surface area contributed by atoms with Crippen LogP contribution in [-0.4, -0.2) is 30.2 Å². The third-order valence-corrected chi connectivity index (χ3v) is 3.23. The minimum absolute atomic E-state index is 0.234. The number of aryl methyl sites for hydroxylation is 1. The average Bonchev–Trinajstić information content (AvgIpc) is 2.61. The Labute approximate surface area is 109 Å². The van der Waals surface area contributed by atoms with E-state index in [0.717, 1.165) is 31.1 Å². The second-order valence-corrected chi connectivity index (χ2v) is 6.45. The highest BCUT2D eigenvalue weighted by Gasteiger charge is 2.06. The summed E-state index contributed by atoms with van der Waals surface area (Å²) in [5.41, 5.74) is 1.45. The van der Waals surface area contributed by atoms with Crippen LogP contribution >= 0.6 is 11.3 Å². The first-order chi connectivity index (χ1) is 7.97. The van der Waals surface area contributed by atoms with Crippen LogP contribution in [0, 0.1) is 6.92 Å². The van der Waals surface area contributed by atoms with Gasteiger partial charge < -0.3 is 10.6 Å². The third kappa shape index (κ3) is 7.47. The first-order valence-electron chi connectivity index (χ1n) is 6.34. The fourth-order valence-corrected chi connectivity index (χ4v) is 2.19. The van der Waals surface area contributed by atoms with E-state index in [9.17, 15) is 0 Å². The van der Waals surface area contributed by atoms with Crippen LogP contribution in [-0.2, 0) is 6.42 Å². The molecule has 0 aromatic carbocycles. The fraction of sp³-hybridized carbons (Fsp3) is 0.769. The van der Waals surface area contributed by atoms with Crippen molar-refractivity contribution in [2.45, 2.75) is 46.1 Å². The van der Waals surface area contributed by atoms with Gasteiger partial charge in [0.2, 0.25) is 0 Å². The maximum atomic E-state index is 4.44. The van der Waals surface area contributed by atoms with Gasteiger partial charge in [-0.1, -0.05) is 0 Å². The molecule has 1 aromatic heterocycles. The van der Waals surface area contributed by atoms with Crippen molar-refractivity contribution in [3.05, 3.63) is 16.1 Å². The van der Waals surface area contributed by atoms with Crippen LogP contribution < -0.4 is 10.6 Å². The Balaban J connectivity index is 1.95. The molecule has 0 saturated carbocycles. The number of hydrogen-bond donors (Lipinski definition) is 2. The van der Waals surface area contributed by atoms with Crippen molar-refractivity contribution in [3.8, 4) is 0 Å². The van der Waals surface area contributed by atoms with Gasteiger partial charge in [0, 0.05) is 23.9 Å². The van der Waals surface area contributed by atoms with E-state index < -0.39 is 0 Å². The minimum atomic E-state index is 0.234. The number of nitrogens with zero attached hydrogens (tertiary/aromatic N) is 1. The summed E-state index contributed by atoms with van der Waals surface area (Å²) >= 11 is 1.73. The standard InChI is InChI=1S/C13H25N3S/c1-11-16-12(10-17-11)6-9-14-7-5-8-15-13(2,3)4/h10,14-15H,5-9H2,1-4H3. The van der Waals surface area contributed by atoms with Crippen molar-refractivity contribution >= 4 is 11.3 Å². The summed E-state index contributed by atoms with van der Waals surface area (Å²) in [6.45, 7) is 11.8. The van der Waals surface area contributed by atoms with Crippen molar-refractivity contribution in [1.29, 1.82) is 0 Å². The molecule has 0 unspecified atom stereocenters. The van der Waals surface area contributed by atoms with Crippen LogP contribution in [0.2, 0.25) is 0 Å². The quantitative estimate of drug-likeness (QED) is 0.735. The number of aromatic nitrogens is 1. The van der Waals surface area contributed by atoms with Gasteiger partial charge in [0.15, 0.2) is 0 Å². The molecule has 0 aliphatic heterocycles. The van der Waals surface area contributed by atoms with Crippen molar-refractivity contribution in [2.75, 3.05) is 19.6 Å². The molecule has 0 aliphatic rings. The molecule has 0 saturated heterocycles. The Kier molecular flexibility index (Phi) is 6.09. The molecule has 0 amide bonds. The number of hydrogen-bond acceptors (Lipinski definition) is 4. The van der Waals surface area contributed by atoms with E-state index in [2.05, 4.69) is 48.7 Å². The first kappa shape index (κ1) is 14.6. The van der Waals surface area contributed by atoms with Crippen molar-refractivity contribution < 1.29 is 0 Å². The molecule has 17 heavy (non-hydrogen) atoms. The van der Waals surface area contributed by atoms with Crippen LogP contribution in [0.15, 0.2) is 5.38 Å². The molecule has 98 valence electrons. The molecule has 0 aliphatic carbocycles. The van der Waals surface area contributed by atoms with Crippen molar-refractivity contribution in [3.63, 3.8) is 0 Å². The van der Waals surface area contributed by atoms with E-state index in [1.807, 2.05) is 0 Å². The predicted molar refractivity (Wildman–Crippen MR) is 75.8 cm³/mol. The summed E-state index contributed by atoms with van der Waals surface area (Å²) in [6, 6.07) is 0. The molecule has 1 rings (SSSR count). The van der Waals surface area contributed by atoms with Crippen LogP contribution in [0.4, 0.5) is 0 Å². The number of rotatable bonds is 7. The maximum Gasteiger partial charge on any atom is 0.0897 e. The Hall–Kier alpha value is -0.450. The van der Waals surface area contributed by atoms with Gasteiger partial charge >= 0.3 is 0 Å². The molecule has 0 atom stereocenters. The van der Waals surface area contributed by atoms with Gasteiger partial charge in [0.25, 0.3) is 0 Å². The Morgan fingerprint density at radius 2 is 2.00 bits per heavy atom. The largest absolute Gasteiger partial charge is 0.316 e. The molecule has 4 heteroatoms. The zero-order chi connectivity index (χ0) is 12.7. The van der Waals surface area contributed by atoms with Crippen LogP contribution in [0.3, 0.4) is 0 Å². The van der Waals surface area contributed by atoms with Crippen LogP contribution in [0.25, 0.3) is 0 Å². The fourth-order valence-electron chi connectivity index (χ4n) is 1.54. The van der Waals surface area contributed by atoms with Gasteiger partial charge in [0.1, 0.15) is 0 Å². The maximum absolute atomic E-state index is 4.44. The molecule has 0 radical (unpaired) electrons. The van der Waals surface area contributed by atoms with Gasteiger partial charge in [-0.15, -0.1) is 11.3 Å². The molecule has 2 N–H and O–H groups in total. The first-order valence-corrected chi connectivity index (χ1v) is 7.22. The normalized spacial score (nSPS) is 12.0. The van der Waals surface area contributed by atoms with Gasteiger partial charge in [-0.25, -0.2) is 4.98 Å². The summed E-state index contributed by atoms with van der Waals surface area (Å²) < 4.78 is 0. The van der Waals surface area contributed by atoms with E-state index in [1.54, 1.807) is 11.3 Å². The monoisotopic (exact) mass is 255 g/mol. The van der Waals surface area contributed by atoms with E-state index >= 15 is 0 Å². The second kappa shape index (κ2) is 7.09. The third-order valence-electron chi connectivity index (χ3n) is 2.41. The van der Waals surface area contributed by atoms with Gasteiger partial charge in [0.05, 0.1) is 10.7 Å². The number of nitrogens with one attached hydrogen (secondary N) is 2. The second-order valence-electron chi connectivity index (χ2n) is 5.39. The SMILES string of the molecule is Cc1nc(CCNCCCNC(C)(C)C)cs1. The van der Waals surface area contributed by atoms with E-state index in [4.69, 9.17) is 0 Å². The highest BCUT2D eigenvalue weighted by molar-refractivity contribution is 7.09. The average molecular weight is 255 g/mol. The minimum Gasteiger partial charge on any atom is -0.316 e. The Bertz CT molecular complexity index is 315. The summed E-state index contributed by atoms with van der Waals surface area (Å²) in [6.07, 6.45) is 2.21. The molecule has 0 fully saturated rings. The van der Waals surface area contributed by atoms with Gasteiger partial charge in [-0.05, 0) is 47.2 Å². The van der Waals surface area contributed by atoms with Gasteiger partial charge in [-0.2, -0.15) is 0 Å². The lowest BCUT2D eigenvalue weighted by molar-refractivity contribution is 0.419. The summed E-state index contributed by atoms with van der Waals surface area (Å²) in [5.74, 6) is 0. The van der Waals surface area contributed by atoms with Crippen molar-refractivity contribution in [1.82, 2.24) is 15.6 Å². The lowest BCUT2D eigenvalue weighted by Crippen LogP contribution is -2.37. The van der Waals surface area contributed by atoms with Crippen LogP contribution in [0.5, 0.6) is 0 Å². The number of thiazole rings is 1. The summed E-state index contributed by atoms with van der Waals surface area (Å²) in [7, 11) is 0. The summed E-state index contributed by atoms with van der Waals surface area (Å²) in [4.78, 5) is 4.44. The molecule has 3 nitrogen and oxygen atoms in total. The van der Waals surface area contributed by atoms with Crippen LogP contribution in [0.1, 0.15) is 37.9 Å². The molecule has 1 aromatic rings. The Morgan fingerprint density at radius 3 is 2.59 bits per heavy atom. The van der Waals surface area contributed by atoms with Crippen molar-refractivity contribution in [2.24, 2.45) is 0 Å². The smallest absolute Gasteiger partial charge is 0.0897 e. The van der Waals surface area contributed by atoms with Gasteiger partial charge in [-0.3, -0.25) is 0 Å². The zero-order valence-electron chi connectivity index (χ0n) is 11.5. The van der Waals surface area contributed by atoms with E-state index in [1.165, 1.54) is 12.1 Å². The highest BCUT2D eigenvalue weighted by atomic mass is 32.1. The lowest BCUT2D eigenvalue weighted by atomic mass is 10.1. The summed E-state index contributed by atoms with van der Waals surface area (Å²) in [5, 5.41) is 10.2. The zero-order valence-corrected chi connectivity index (χ0v) is 12.3. The molecule has 0 spiro atoms. The molecular weight excluding hydrogens is 230 g/mol. The molecule has 1 heterocycles. The van der Waals surface area contributed by atoms with E-state index in [-0.39, 0.29) is 5.54 Å².